The van der Waals surface area contributed by atoms with E-state index in [-0.39, 0.29) is 11.9 Å². The molecule has 0 radical (unpaired) electrons. The summed E-state index contributed by atoms with van der Waals surface area (Å²) < 4.78 is 28.2. The van der Waals surface area contributed by atoms with Gasteiger partial charge in [-0.25, -0.2) is 8.78 Å². The van der Waals surface area contributed by atoms with E-state index in [2.05, 4.69) is 21.2 Å². The van der Waals surface area contributed by atoms with Gasteiger partial charge in [-0.1, -0.05) is 35.0 Å². The molecule has 0 aromatic heterocycles. The van der Waals surface area contributed by atoms with Crippen molar-refractivity contribution in [3.8, 4) is 0 Å². The molecule has 2 aromatic rings. The van der Waals surface area contributed by atoms with Crippen LogP contribution >= 0.6 is 15.9 Å². The van der Waals surface area contributed by atoms with Crippen LogP contribution in [0.5, 0.6) is 0 Å². The van der Waals surface area contributed by atoms with Gasteiger partial charge in [0.05, 0.1) is 0 Å². The summed E-state index contributed by atoms with van der Waals surface area (Å²) in [6.07, 6.45) is 0.613. The molecule has 0 spiro atoms. The number of nitrogens with one attached hydrogen (secondary N) is 1. The van der Waals surface area contributed by atoms with Gasteiger partial charge in [0.2, 0.25) is 0 Å². The van der Waals surface area contributed by atoms with Crippen molar-refractivity contribution >= 4 is 15.9 Å². The predicted octanol–water partition coefficient (Wildman–Crippen LogP) is 4.62. The lowest BCUT2D eigenvalue weighted by molar-refractivity contribution is 0.502. The van der Waals surface area contributed by atoms with Crippen LogP contribution < -0.4 is 5.32 Å². The number of likely N-dealkylation sites (N-methyl/N-ethyl adjacent to an activating group) is 1. The molecule has 0 aliphatic rings. The van der Waals surface area contributed by atoms with Crippen molar-refractivity contribution in [1.82, 2.24) is 5.32 Å². The highest BCUT2D eigenvalue weighted by atomic mass is 79.9. The minimum Gasteiger partial charge on any atom is -0.310 e. The number of halogens is 3. The Hall–Kier alpha value is -1.26. The third kappa shape index (κ3) is 3.87. The molecule has 2 aromatic carbocycles. The second-order valence-corrected chi connectivity index (χ2v) is 5.52. The van der Waals surface area contributed by atoms with Gasteiger partial charge in [-0.3, -0.25) is 0 Å². The summed E-state index contributed by atoms with van der Waals surface area (Å²) in [5.41, 5.74) is 1.44. The van der Waals surface area contributed by atoms with E-state index < -0.39 is 5.82 Å². The number of hydrogen-bond acceptors (Lipinski definition) is 1. The van der Waals surface area contributed by atoms with Crippen LogP contribution in [0.15, 0.2) is 46.9 Å². The Morgan fingerprint density at radius 1 is 1.10 bits per heavy atom. The minimum atomic E-state index is -0.417. The van der Waals surface area contributed by atoms with Crippen molar-refractivity contribution < 1.29 is 8.78 Å². The molecule has 0 saturated carbocycles. The molecule has 0 aliphatic heterocycles. The lowest BCUT2D eigenvalue weighted by Gasteiger charge is -2.19. The summed E-state index contributed by atoms with van der Waals surface area (Å²) in [4.78, 5) is 0. The maximum absolute atomic E-state index is 13.9. The molecule has 1 unspecified atom stereocenters. The molecule has 0 heterocycles. The molecule has 0 bridgehead atoms. The van der Waals surface area contributed by atoms with Gasteiger partial charge in [-0.2, -0.15) is 0 Å². The highest BCUT2D eigenvalue weighted by Gasteiger charge is 2.16. The lowest BCUT2D eigenvalue weighted by atomic mass is 9.98. The number of hydrogen-bond donors (Lipinski definition) is 1. The molecule has 106 valence electrons. The zero-order chi connectivity index (χ0) is 14.5. The number of benzene rings is 2. The van der Waals surface area contributed by atoms with E-state index in [0.717, 1.165) is 16.1 Å². The molecule has 1 atom stereocenters. The average molecular weight is 340 g/mol. The van der Waals surface area contributed by atoms with Gasteiger partial charge in [-0.05, 0) is 48.9 Å². The highest BCUT2D eigenvalue weighted by molar-refractivity contribution is 9.10. The van der Waals surface area contributed by atoms with Crippen LogP contribution in [0.4, 0.5) is 8.78 Å². The zero-order valence-electron chi connectivity index (χ0n) is 11.2. The molecule has 4 heteroatoms. The fourth-order valence-electron chi connectivity index (χ4n) is 2.18. The van der Waals surface area contributed by atoms with E-state index >= 15 is 0 Å². The molecule has 2 rings (SSSR count). The Balaban J connectivity index is 2.26. The van der Waals surface area contributed by atoms with Crippen molar-refractivity contribution in [3.05, 3.63) is 69.7 Å². The monoisotopic (exact) mass is 339 g/mol. The summed E-state index contributed by atoms with van der Waals surface area (Å²) in [6, 6.07) is 11.2. The van der Waals surface area contributed by atoms with Gasteiger partial charge in [0.15, 0.2) is 0 Å². The molecule has 1 N–H and O–H groups in total. The third-order valence-corrected chi connectivity index (χ3v) is 3.67. The lowest BCUT2D eigenvalue weighted by Crippen LogP contribution is -2.24. The molecular weight excluding hydrogens is 324 g/mol. The van der Waals surface area contributed by atoms with E-state index in [1.807, 2.05) is 31.2 Å². The Morgan fingerprint density at radius 2 is 1.80 bits per heavy atom. The Labute approximate surface area is 126 Å². The van der Waals surface area contributed by atoms with Gasteiger partial charge in [0.1, 0.15) is 11.6 Å². The Morgan fingerprint density at radius 3 is 2.45 bits per heavy atom. The van der Waals surface area contributed by atoms with Gasteiger partial charge in [-0.15, -0.1) is 0 Å². The van der Waals surface area contributed by atoms with Crippen LogP contribution in [-0.4, -0.2) is 6.54 Å². The first-order valence-corrected chi connectivity index (χ1v) is 7.32. The highest BCUT2D eigenvalue weighted by Crippen LogP contribution is 2.23. The van der Waals surface area contributed by atoms with Gasteiger partial charge in [0, 0.05) is 16.1 Å². The van der Waals surface area contributed by atoms with Crippen molar-refractivity contribution in [2.24, 2.45) is 0 Å². The summed E-state index contributed by atoms with van der Waals surface area (Å²) >= 11 is 3.38. The molecule has 0 aliphatic carbocycles. The van der Waals surface area contributed by atoms with Crippen molar-refractivity contribution in [2.45, 2.75) is 19.4 Å². The van der Waals surface area contributed by atoms with E-state index in [1.165, 1.54) is 12.1 Å². The molecule has 0 amide bonds. The summed E-state index contributed by atoms with van der Waals surface area (Å²) in [5.74, 6) is -0.797. The quantitative estimate of drug-likeness (QED) is 0.837. The van der Waals surface area contributed by atoms with E-state index in [0.29, 0.717) is 18.5 Å². The molecular formula is C16H16BrF2N. The molecule has 20 heavy (non-hydrogen) atoms. The largest absolute Gasteiger partial charge is 0.310 e. The van der Waals surface area contributed by atoms with Gasteiger partial charge >= 0.3 is 0 Å². The Bertz CT molecular complexity index is 569. The first-order valence-electron chi connectivity index (χ1n) is 6.53. The SMILES string of the molecule is CCNC(Cc1ccc(Br)cc1)c1cc(F)ccc1F. The summed E-state index contributed by atoms with van der Waals surface area (Å²) in [6.45, 7) is 2.64. The van der Waals surface area contributed by atoms with E-state index in [1.54, 1.807) is 0 Å². The smallest absolute Gasteiger partial charge is 0.128 e. The second kappa shape index (κ2) is 6.95. The zero-order valence-corrected chi connectivity index (χ0v) is 12.8. The fourth-order valence-corrected chi connectivity index (χ4v) is 2.44. The van der Waals surface area contributed by atoms with E-state index in [4.69, 9.17) is 0 Å². The van der Waals surface area contributed by atoms with Crippen molar-refractivity contribution in [3.63, 3.8) is 0 Å². The van der Waals surface area contributed by atoms with Crippen molar-refractivity contribution in [2.75, 3.05) is 6.54 Å². The number of rotatable bonds is 5. The maximum atomic E-state index is 13.9. The molecule has 0 saturated heterocycles. The first-order chi connectivity index (χ1) is 9.60. The molecule has 0 fully saturated rings. The topological polar surface area (TPSA) is 12.0 Å². The standard InChI is InChI=1S/C16H16BrF2N/c1-2-20-16(9-11-3-5-12(17)6-4-11)14-10-13(18)7-8-15(14)19/h3-8,10,16,20H,2,9H2,1H3. The van der Waals surface area contributed by atoms with Crippen molar-refractivity contribution in [1.29, 1.82) is 0 Å². The van der Waals surface area contributed by atoms with Crippen LogP contribution in [0.1, 0.15) is 24.1 Å². The third-order valence-electron chi connectivity index (χ3n) is 3.14. The average Bonchev–Trinajstić information content (AvgIpc) is 2.43. The van der Waals surface area contributed by atoms with Crippen LogP contribution in [-0.2, 0) is 6.42 Å². The fraction of sp³-hybridized carbons (Fsp3) is 0.250. The van der Waals surface area contributed by atoms with E-state index in [9.17, 15) is 8.78 Å². The van der Waals surface area contributed by atoms with Crippen LogP contribution in [0, 0.1) is 11.6 Å². The second-order valence-electron chi connectivity index (χ2n) is 4.61. The van der Waals surface area contributed by atoms with Gasteiger partial charge in [0.25, 0.3) is 0 Å². The van der Waals surface area contributed by atoms with Crippen LogP contribution in [0.25, 0.3) is 0 Å². The van der Waals surface area contributed by atoms with Crippen LogP contribution in [0.3, 0.4) is 0 Å². The summed E-state index contributed by atoms with van der Waals surface area (Å²) in [5, 5.41) is 3.21. The normalized spacial score (nSPS) is 12.4. The van der Waals surface area contributed by atoms with Gasteiger partial charge < -0.3 is 5.32 Å². The summed E-state index contributed by atoms with van der Waals surface area (Å²) in [7, 11) is 0. The first kappa shape index (κ1) is 15.1. The minimum absolute atomic E-state index is 0.239. The Kier molecular flexibility index (Phi) is 5.26. The maximum Gasteiger partial charge on any atom is 0.128 e. The van der Waals surface area contributed by atoms with Crippen LogP contribution in [0.2, 0.25) is 0 Å². The predicted molar refractivity (Wildman–Crippen MR) is 80.6 cm³/mol. The molecule has 1 nitrogen and oxygen atoms in total.